The predicted octanol–water partition coefficient (Wildman–Crippen LogP) is 3.36. The molecule has 38 heavy (non-hydrogen) atoms. The molecule has 3 aliphatic heterocycles. The Morgan fingerprint density at radius 2 is 1.89 bits per heavy atom. The number of carbonyl (C=O) groups is 2. The maximum atomic E-state index is 13.8. The zero-order chi connectivity index (χ0) is 27.2. The zero-order valence-electron chi connectivity index (χ0n) is 23.3. The van der Waals surface area contributed by atoms with Crippen molar-refractivity contribution in [1.29, 1.82) is 0 Å². The molecular weight excluding hydrogens is 481 g/mol. The topological polar surface area (TPSA) is 68.8 Å². The molecule has 2 amide bonds. The number of carbonyl (C=O) groups excluding carboxylic acids is 2. The quantitative estimate of drug-likeness (QED) is 0.632. The van der Waals surface area contributed by atoms with Crippen molar-refractivity contribution in [3.63, 3.8) is 0 Å². The molecule has 0 bridgehead atoms. The molecule has 1 N–H and O–H groups in total. The van der Waals surface area contributed by atoms with E-state index in [1.165, 1.54) is 12.1 Å². The molecule has 0 saturated carbocycles. The number of fused-ring (bicyclic) bond motifs is 1. The van der Waals surface area contributed by atoms with Crippen LogP contribution in [0.4, 0.5) is 10.1 Å². The third-order valence-corrected chi connectivity index (χ3v) is 8.21. The number of rotatable bonds is 6. The Morgan fingerprint density at radius 1 is 1.16 bits per heavy atom. The molecule has 2 unspecified atom stereocenters. The summed E-state index contributed by atoms with van der Waals surface area (Å²) in [6.45, 7) is 14.6. The minimum atomic E-state index is -0.257. The standard InChI is InChI=1S/C30H40FN5O2/c1-20-15-34(24(13-32-20)16-35-18-29(2,3)12-27(35)37)17-28(38)36-19-30(4,5)25-14-33-23(11-26(25)36)10-21-6-8-22(31)9-7-21/h6-9,11,14,20,24,32H,10,12-13,15-19H2,1-5H3. The van der Waals surface area contributed by atoms with E-state index in [1.807, 2.05) is 22.1 Å². The van der Waals surface area contributed by atoms with Crippen LogP contribution >= 0.6 is 0 Å². The maximum absolute atomic E-state index is 13.8. The lowest BCUT2D eigenvalue weighted by molar-refractivity contribution is -0.128. The summed E-state index contributed by atoms with van der Waals surface area (Å²) in [5.41, 5.74) is 3.63. The van der Waals surface area contributed by atoms with Gasteiger partial charge in [0.05, 0.1) is 12.2 Å². The number of hydrogen-bond donors (Lipinski definition) is 1. The van der Waals surface area contributed by atoms with Crippen molar-refractivity contribution in [1.82, 2.24) is 20.1 Å². The molecule has 2 atom stereocenters. The van der Waals surface area contributed by atoms with Gasteiger partial charge in [0.1, 0.15) is 5.82 Å². The fourth-order valence-corrected chi connectivity index (χ4v) is 6.19. The third-order valence-electron chi connectivity index (χ3n) is 8.21. The van der Waals surface area contributed by atoms with Crippen LogP contribution in [0.1, 0.15) is 57.9 Å². The second-order valence-electron chi connectivity index (χ2n) is 12.9. The van der Waals surface area contributed by atoms with Crippen molar-refractivity contribution in [2.75, 3.05) is 44.2 Å². The Kier molecular flexibility index (Phi) is 7.07. The molecule has 8 heteroatoms. The molecule has 5 rings (SSSR count). The Bertz CT molecular complexity index is 1210. The van der Waals surface area contributed by atoms with Gasteiger partial charge in [-0.15, -0.1) is 0 Å². The summed E-state index contributed by atoms with van der Waals surface area (Å²) >= 11 is 0. The summed E-state index contributed by atoms with van der Waals surface area (Å²) in [5, 5.41) is 3.54. The molecule has 4 heterocycles. The van der Waals surface area contributed by atoms with Gasteiger partial charge in [0.15, 0.2) is 0 Å². The van der Waals surface area contributed by atoms with Gasteiger partial charge in [0.25, 0.3) is 0 Å². The number of nitrogens with one attached hydrogen (secondary N) is 1. The number of aromatic nitrogens is 1. The highest BCUT2D eigenvalue weighted by Gasteiger charge is 2.41. The number of pyridine rings is 1. The smallest absolute Gasteiger partial charge is 0.241 e. The Morgan fingerprint density at radius 3 is 2.58 bits per heavy atom. The fraction of sp³-hybridized carbons (Fsp3) is 0.567. The molecule has 204 valence electrons. The van der Waals surface area contributed by atoms with Crippen LogP contribution in [0.3, 0.4) is 0 Å². The molecule has 0 radical (unpaired) electrons. The molecule has 1 aromatic carbocycles. The van der Waals surface area contributed by atoms with E-state index in [4.69, 9.17) is 0 Å². The second kappa shape index (κ2) is 10.0. The van der Waals surface area contributed by atoms with Gasteiger partial charge in [-0.1, -0.05) is 39.8 Å². The second-order valence-corrected chi connectivity index (χ2v) is 12.9. The first-order valence-electron chi connectivity index (χ1n) is 13.7. The first kappa shape index (κ1) is 26.8. The van der Waals surface area contributed by atoms with E-state index in [0.717, 1.165) is 42.1 Å². The Hall–Kier alpha value is -2.84. The Balaban J connectivity index is 1.33. The van der Waals surface area contributed by atoms with E-state index in [1.54, 1.807) is 12.1 Å². The van der Waals surface area contributed by atoms with Gasteiger partial charge < -0.3 is 15.1 Å². The monoisotopic (exact) mass is 521 g/mol. The molecule has 2 saturated heterocycles. The highest BCUT2D eigenvalue weighted by molar-refractivity contribution is 5.97. The van der Waals surface area contributed by atoms with Crippen molar-refractivity contribution < 1.29 is 14.0 Å². The lowest BCUT2D eigenvalue weighted by Gasteiger charge is -2.41. The van der Waals surface area contributed by atoms with Gasteiger partial charge in [-0.2, -0.15) is 0 Å². The largest absolute Gasteiger partial charge is 0.341 e. The van der Waals surface area contributed by atoms with Gasteiger partial charge in [-0.3, -0.25) is 19.5 Å². The van der Waals surface area contributed by atoms with Gasteiger partial charge in [-0.05, 0) is 36.1 Å². The number of hydrogen-bond acceptors (Lipinski definition) is 5. The number of piperazine rings is 1. The normalized spacial score (nSPS) is 24.6. The van der Waals surface area contributed by atoms with E-state index >= 15 is 0 Å². The SMILES string of the molecule is CC1CN(CC(=O)N2CC(C)(C)c3cnc(Cc4ccc(F)cc4)cc32)C(CN2CC(C)(C)CC2=O)CN1. The maximum Gasteiger partial charge on any atom is 0.241 e. The van der Waals surface area contributed by atoms with Gasteiger partial charge in [0, 0.05) is 80.5 Å². The summed E-state index contributed by atoms with van der Waals surface area (Å²) in [7, 11) is 0. The van der Waals surface area contributed by atoms with E-state index < -0.39 is 0 Å². The average Bonchev–Trinajstić information content (AvgIpc) is 3.27. The zero-order valence-corrected chi connectivity index (χ0v) is 23.3. The average molecular weight is 522 g/mol. The van der Waals surface area contributed by atoms with Crippen LogP contribution in [-0.2, 0) is 21.4 Å². The van der Waals surface area contributed by atoms with Crippen LogP contribution in [0.15, 0.2) is 36.5 Å². The summed E-state index contributed by atoms with van der Waals surface area (Å²) in [6.07, 6.45) is 3.06. The van der Waals surface area contributed by atoms with E-state index in [-0.39, 0.29) is 40.5 Å². The van der Waals surface area contributed by atoms with Crippen LogP contribution < -0.4 is 10.2 Å². The molecule has 0 aliphatic carbocycles. The summed E-state index contributed by atoms with van der Waals surface area (Å²) in [5.74, 6) is 0.0202. The summed E-state index contributed by atoms with van der Waals surface area (Å²) < 4.78 is 13.4. The van der Waals surface area contributed by atoms with Crippen molar-refractivity contribution in [3.8, 4) is 0 Å². The van der Waals surface area contributed by atoms with Gasteiger partial charge in [0.2, 0.25) is 11.8 Å². The molecule has 2 aromatic rings. The molecule has 1 aromatic heterocycles. The first-order chi connectivity index (χ1) is 17.9. The highest BCUT2D eigenvalue weighted by Crippen LogP contribution is 2.40. The third kappa shape index (κ3) is 5.61. The van der Waals surface area contributed by atoms with E-state index in [0.29, 0.717) is 32.5 Å². The number of benzene rings is 1. The number of nitrogens with zero attached hydrogens (tertiary/aromatic N) is 4. The Labute approximate surface area is 225 Å². The summed E-state index contributed by atoms with van der Waals surface area (Å²) in [6, 6.07) is 8.86. The minimum absolute atomic E-state index is 0.00236. The first-order valence-corrected chi connectivity index (χ1v) is 13.7. The molecule has 0 spiro atoms. The van der Waals surface area contributed by atoms with Gasteiger partial charge in [-0.25, -0.2) is 4.39 Å². The van der Waals surface area contributed by atoms with Crippen molar-refractivity contribution >= 4 is 17.5 Å². The van der Waals surface area contributed by atoms with Crippen molar-refractivity contribution in [3.05, 3.63) is 59.2 Å². The lowest BCUT2D eigenvalue weighted by Crippen LogP contribution is -2.61. The molecular formula is C30H40FN5O2. The van der Waals surface area contributed by atoms with Crippen LogP contribution in [-0.4, -0.2) is 78.0 Å². The van der Waals surface area contributed by atoms with Crippen LogP contribution in [0.25, 0.3) is 0 Å². The van der Waals surface area contributed by atoms with Crippen molar-refractivity contribution in [2.45, 2.75) is 65.0 Å². The van der Waals surface area contributed by atoms with Gasteiger partial charge >= 0.3 is 0 Å². The minimum Gasteiger partial charge on any atom is -0.341 e. The summed E-state index contributed by atoms with van der Waals surface area (Å²) in [4.78, 5) is 37.3. The van der Waals surface area contributed by atoms with Crippen LogP contribution in [0.5, 0.6) is 0 Å². The molecule has 7 nitrogen and oxygen atoms in total. The predicted molar refractivity (Wildman–Crippen MR) is 147 cm³/mol. The molecule has 3 aliphatic rings. The number of likely N-dealkylation sites (tertiary alicyclic amines) is 1. The molecule has 2 fully saturated rings. The number of anilines is 1. The number of amides is 2. The number of halogens is 1. The van der Waals surface area contributed by atoms with E-state index in [2.05, 4.69) is 49.8 Å². The fourth-order valence-electron chi connectivity index (χ4n) is 6.19. The highest BCUT2D eigenvalue weighted by atomic mass is 19.1. The van der Waals surface area contributed by atoms with Crippen LogP contribution in [0.2, 0.25) is 0 Å². The lowest BCUT2D eigenvalue weighted by atomic mass is 9.88. The van der Waals surface area contributed by atoms with Crippen molar-refractivity contribution in [2.24, 2.45) is 5.41 Å². The van der Waals surface area contributed by atoms with Crippen LogP contribution in [0, 0.1) is 11.2 Å². The van der Waals surface area contributed by atoms with E-state index in [9.17, 15) is 14.0 Å².